The summed E-state index contributed by atoms with van der Waals surface area (Å²) in [4.78, 5) is 39.7. The molecule has 0 spiro atoms. The van der Waals surface area contributed by atoms with E-state index in [1.807, 2.05) is 97.1 Å². The highest BCUT2D eigenvalue weighted by Crippen LogP contribution is 2.22. The third kappa shape index (κ3) is 10.1. The van der Waals surface area contributed by atoms with Crippen molar-refractivity contribution in [3.05, 3.63) is 159 Å². The Morgan fingerprint density at radius 2 is 1.30 bits per heavy atom. The van der Waals surface area contributed by atoms with E-state index in [2.05, 4.69) is 38.5 Å². The van der Waals surface area contributed by atoms with E-state index in [9.17, 15) is 14.4 Å². The van der Waals surface area contributed by atoms with Crippen LogP contribution in [0.15, 0.2) is 144 Å². The third-order valence-corrected chi connectivity index (χ3v) is 8.31. The predicted molar refractivity (Wildman–Crippen MR) is 193 cm³/mol. The number of carbonyl (C=O) groups excluding carboxylic acids is 3. The number of amides is 3. The van der Waals surface area contributed by atoms with Gasteiger partial charge in [-0.2, -0.15) is 0 Å². The molecule has 9 heteroatoms. The van der Waals surface area contributed by atoms with Crippen LogP contribution in [-0.4, -0.2) is 23.5 Å². The second kappa shape index (κ2) is 16.4. The van der Waals surface area contributed by atoms with Crippen LogP contribution in [0.2, 0.25) is 0 Å². The lowest BCUT2D eigenvalue weighted by Crippen LogP contribution is -2.30. The van der Waals surface area contributed by atoms with Gasteiger partial charge < -0.3 is 20.7 Å². The Bertz CT molecular complexity index is 1800. The summed E-state index contributed by atoms with van der Waals surface area (Å²) in [6.45, 7) is 0.439. The number of rotatable bonds is 12. The van der Waals surface area contributed by atoms with E-state index in [4.69, 9.17) is 4.74 Å². The van der Waals surface area contributed by atoms with Gasteiger partial charge in [-0.25, -0.2) is 0 Å². The summed E-state index contributed by atoms with van der Waals surface area (Å²) in [5.74, 6) is -0.0633. The number of thioether (sulfide) groups is 1. The van der Waals surface area contributed by atoms with E-state index in [0.29, 0.717) is 29.2 Å². The highest BCUT2D eigenvalue weighted by atomic mass is 127. The Kier molecular flexibility index (Phi) is 11.6. The maximum absolute atomic E-state index is 13.4. The summed E-state index contributed by atoms with van der Waals surface area (Å²) >= 11 is 3.61. The number of hydrogen-bond donors (Lipinski definition) is 3. The van der Waals surface area contributed by atoms with Crippen molar-refractivity contribution >= 4 is 69.5 Å². The van der Waals surface area contributed by atoms with Crippen molar-refractivity contribution in [3.8, 4) is 5.75 Å². The fourth-order valence-electron chi connectivity index (χ4n) is 4.22. The molecule has 0 saturated heterocycles. The van der Waals surface area contributed by atoms with Crippen molar-refractivity contribution in [1.29, 1.82) is 0 Å². The standard InChI is InChI=1S/C37H30IN3O4S/c38-29-13-15-30(16-14-29)39-35(42)25-46-33-21-17-31(18-22-33)40-37(44)34(41-36(43)28-9-5-2-6-10-28)23-26-11-19-32(20-12-26)45-24-27-7-3-1-4-8-27/h1-23H,24-25H2,(H,39,42)(H,40,44)(H,41,43)/b34-23-. The van der Waals surface area contributed by atoms with Crippen molar-refractivity contribution < 1.29 is 19.1 Å². The number of halogens is 1. The second-order valence-electron chi connectivity index (χ2n) is 10.0. The molecule has 230 valence electrons. The van der Waals surface area contributed by atoms with Gasteiger partial charge in [-0.15, -0.1) is 11.8 Å². The van der Waals surface area contributed by atoms with Crippen molar-refractivity contribution in [1.82, 2.24) is 5.32 Å². The maximum atomic E-state index is 13.4. The predicted octanol–water partition coefficient (Wildman–Crippen LogP) is 8.01. The van der Waals surface area contributed by atoms with E-state index in [1.165, 1.54) is 11.8 Å². The van der Waals surface area contributed by atoms with Gasteiger partial charge in [-0.3, -0.25) is 14.4 Å². The van der Waals surface area contributed by atoms with Crippen molar-refractivity contribution in [2.45, 2.75) is 11.5 Å². The van der Waals surface area contributed by atoms with Crippen LogP contribution in [0.1, 0.15) is 21.5 Å². The number of benzene rings is 5. The van der Waals surface area contributed by atoms with Crippen LogP contribution >= 0.6 is 34.4 Å². The Balaban J connectivity index is 1.23. The minimum atomic E-state index is -0.481. The largest absolute Gasteiger partial charge is 0.489 e. The van der Waals surface area contributed by atoms with Crippen molar-refractivity contribution in [3.63, 3.8) is 0 Å². The fraction of sp³-hybridized carbons (Fsp3) is 0.0541. The topological polar surface area (TPSA) is 96.5 Å². The van der Waals surface area contributed by atoms with Gasteiger partial charge in [0.05, 0.1) is 5.75 Å². The molecule has 0 aromatic heterocycles. The van der Waals surface area contributed by atoms with Crippen LogP contribution in [0.4, 0.5) is 11.4 Å². The number of anilines is 2. The SMILES string of the molecule is O=C(CSc1ccc(NC(=O)/C(=C/c2ccc(OCc3ccccc3)cc2)NC(=O)c2ccccc2)cc1)Nc1ccc(I)cc1. The van der Waals surface area contributed by atoms with Crippen LogP contribution in [0.3, 0.4) is 0 Å². The lowest BCUT2D eigenvalue weighted by atomic mass is 10.1. The minimum absolute atomic E-state index is 0.0810. The summed E-state index contributed by atoms with van der Waals surface area (Å²) < 4.78 is 6.97. The molecule has 3 amide bonds. The Morgan fingerprint density at radius 1 is 0.696 bits per heavy atom. The summed E-state index contributed by atoms with van der Waals surface area (Å²) in [6.07, 6.45) is 1.62. The van der Waals surface area contributed by atoms with Gasteiger partial charge in [0.1, 0.15) is 18.1 Å². The first-order chi connectivity index (χ1) is 22.4. The molecule has 46 heavy (non-hydrogen) atoms. The zero-order valence-electron chi connectivity index (χ0n) is 24.6. The number of ether oxygens (including phenoxy) is 1. The zero-order valence-corrected chi connectivity index (χ0v) is 27.6. The molecule has 0 bridgehead atoms. The highest BCUT2D eigenvalue weighted by molar-refractivity contribution is 14.1. The molecule has 7 nitrogen and oxygen atoms in total. The quantitative estimate of drug-likeness (QED) is 0.0685. The molecule has 5 rings (SSSR count). The molecule has 0 aliphatic rings. The average Bonchev–Trinajstić information content (AvgIpc) is 3.09. The fourth-order valence-corrected chi connectivity index (χ4v) is 5.28. The van der Waals surface area contributed by atoms with Crippen LogP contribution in [0.25, 0.3) is 6.08 Å². The van der Waals surface area contributed by atoms with Crippen LogP contribution < -0.4 is 20.7 Å². The number of hydrogen-bond acceptors (Lipinski definition) is 5. The number of nitrogens with one attached hydrogen (secondary N) is 3. The Labute approximate surface area is 285 Å². The second-order valence-corrected chi connectivity index (χ2v) is 12.3. The lowest BCUT2D eigenvalue weighted by molar-refractivity contribution is -0.114. The molecule has 5 aromatic rings. The first-order valence-corrected chi connectivity index (χ1v) is 16.4. The summed E-state index contributed by atoms with van der Waals surface area (Å²) in [6, 6.07) is 40.6. The molecule has 0 radical (unpaired) electrons. The summed E-state index contributed by atoms with van der Waals surface area (Å²) in [5.41, 5.74) is 3.57. The van der Waals surface area contributed by atoms with E-state index in [-0.39, 0.29) is 17.4 Å². The molecule has 5 aromatic carbocycles. The van der Waals surface area contributed by atoms with Crippen LogP contribution in [-0.2, 0) is 16.2 Å². The molecule has 0 aliphatic carbocycles. The normalized spacial score (nSPS) is 10.9. The number of carbonyl (C=O) groups is 3. The van der Waals surface area contributed by atoms with Gasteiger partial charge in [-0.1, -0.05) is 60.7 Å². The first kappa shape index (κ1) is 32.5. The molecular weight excluding hydrogens is 709 g/mol. The highest BCUT2D eigenvalue weighted by Gasteiger charge is 2.15. The van der Waals surface area contributed by atoms with Gasteiger partial charge in [0.2, 0.25) is 5.91 Å². The Morgan fingerprint density at radius 3 is 1.98 bits per heavy atom. The van der Waals surface area contributed by atoms with Gasteiger partial charge in [0.15, 0.2) is 0 Å². The molecular formula is C37H30IN3O4S. The van der Waals surface area contributed by atoms with Crippen LogP contribution in [0, 0.1) is 3.57 Å². The first-order valence-electron chi connectivity index (χ1n) is 14.4. The Hall–Kier alpha value is -4.87. The van der Waals surface area contributed by atoms with E-state index < -0.39 is 11.8 Å². The summed E-state index contributed by atoms with van der Waals surface area (Å²) in [5, 5.41) is 8.51. The molecule has 0 saturated carbocycles. The van der Waals surface area contributed by atoms with E-state index in [1.54, 1.807) is 42.5 Å². The molecule has 0 aliphatic heterocycles. The molecule has 0 atom stereocenters. The molecule has 3 N–H and O–H groups in total. The van der Waals surface area contributed by atoms with Crippen LogP contribution in [0.5, 0.6) is 5.75 Å². The van der Waals surface area contributed by atoms with Gasteiger partial charge >= 0.3 is 0 Å². The van der Waals surface area contributed by atoms with Gasteiger partial charge in [0, 0.05) is 25.4 Å². The maximum Gasteiger partial charge on any atom is 0.272 e. The summed E-state index contributed by atoms with van der Waals surface area (Å²) in [7, 11) is 0. The van der Waals surface area contributed by atoms with Gasteiger partial charge in [-0.05, 0) is 113 Å². The minimum Gasteiger partial charge on any atom is -0.489 e. The smallest absolute Gasteiger partial charge is 0.272 e. The zero-order chi connectivity index (χ0) is 32.1. The molecule has 0 unspecified atom stereocenters. The van der Waals surface area contributed by atoms with Crippen molar-refractivity contribution in [2.75, 3.05) is 16.4 Å². The third-order valence-electron chi connectivity index (χ3n) is 6.58. The average molecular weight is 740 g/mol. The van der Waals surface area contributed by atoms with Gasteiger partial charge in [0.25, 0.3) is 11.8 Å². The lowest BCUT2D eigenvalue weighted by Gasteiger charge is -2.12. The monoisotopic (exact) mass is 739 g/mol. The van der Waals surface area contributed by atoms with E-state index in [0.717, 1.165) is 19.7 Å². The van der Waals surface area contributed by atoms with Crippen molar-refractivity contribution in [2.24, 2.45) is 0 Å². The molecule has 0 heterocycles. The van der Waals surface area contributed by atoms with E-state index >= 15 is 0 Å². The molecule has 0 fully saturated rings.